The van der Waals surface area contributed by atoms with E-state index in [4.69, 9.17) is 10.5 Å². The van der Waals surface area contributed by atoms with Crippen LogP contribution in [0.1, 0.15) is 23.6 Å². The summed E-state index contributed by atoms with van der Waals surface area (Å²) in [5.74, 6) is 1.36. The van der Waals surface area contributed by atoms with Gasteiger partial charge in [0.1, 0.15) is 0 Å². The zero-order valence-electron chi connectivity index (χ0n) is 11.3. The fourth-order valence-electron chi connectivity index (χ4n) is 2.85. The van der Waals surface area contributed by atoms with Gasteiger partial charge in [0.05, 0.1) is 7.11 Å². The molecule has 2 atom stereocenters. The van der Waals surface area contributed by atoms with E-state index in [1.807, 2.05) is 19.1 Å². The van der Waals surface area contributed by atoms with Gasteiger partial charge in [-0.05, 0) is 38.4 Å². The first-order chi connectivity index (χ1) is 8.58. The Morgan fingerprint density at radius 3 is 2.78 bits per heavy atom. The highest BCUT2D eigenvalue weighted by Gasteiger charge is 2.32. The predicted octanol–water partition coefficient (Wildman–Crippen LogP) is 1.66. The van der Waals surface area contributed by atoms with Gasteiger partial charge < -0.3 is 15.6 Å². The van der Waals surface area contributed by atoms with Crippen molar-refractivity contribution in [3.8, 4) is 11.5 Å². The third-order valence-electron chi connectivity index (χ3n) is 3.89. The molecule has 3 N–H and O–H groups in total. The number of nitrogens with zero attached hydrogens (tertiary/aromatic N) is 1. The zero-order valence-corrected chi connectivity index (χ0v) is 11.3. The summed E-state index contributed by atoms with van der Waals surface area (Å²) in [5, 5.41) is 10.3. The maximum atomic E-state index is 10.3. The molecule has 100 valence electrons. The van der Waals surface area contributed by atoms with E-state index in [0.29, 0.717) is 18.2 Å². The van der Waals surface area contributed by atoms with E-state index in [1.165, 1.54) is 0 Å². The van der Waals surface area contributed by atoms with E-state index in [2.05, 4.69) is 11.9 Å². The van der Waals surface area contributed by atoms with E-state index < -0.39 is 0 Å². The number of rotatable bonds is 3. The van der Waals surface area contributed by atoms with Crippen molar-refractivity contribution in [2.24, 2.45) is 11.7 Å². The van der Waals surface area contributed by atoms with E-state index in [9.17, 15) is 5.11 Å². The number of aromatic hydroxyl groups is 1. The van der Waals surface area contributed by atoms with Gasteiger partial charge in [0.2, 0.25) is 0 Å². The molecule has 18 heavy (non-hydrogen) atoms. The molecule has 1 aromatic carbocycles. The fraction of sp³-hybridized carbons (Fsp3) is 0.571. The van der Waals surface area contributed by atoms with Crippen LogP contribution < -0.4 is 10.5 Å². The first-order valence-electron chi connectivity index (χ1n) is 6.35. The Labute approximate surface area is 108 Å². The van der Waals surface area contributed by atoms with Gasteiger partial charge in [0.15, 0.2) is 11.5 Å². The molecule has 4 heteroatoms. The number of hydrogen-bond acceptors (Lipinski definition) is 4. The van der Waals surface area contributed by atoms with Crippen LogP contribution in [-0.4, -0.2) is 37.3 Å². The lowest BCUT2D eigenvalue weighted by atomic mass is 9.97. The Morgan fingerprint density at radius 1 is 1.50 bits per heavy atom. The van der Waals surface area contributed by atoms with Crippen LogP contribution in [-0.2, 0) is 0 Å². The molecule has 0 radical (unpaired) electrons. The van der Waals surface area contributed by atoms with Crippen molar-refractivity contribution in [1.82, 2.24) is 4.90 Å². The van der Waals surface area contributed by atoms with E-state index in [0.717, 1.165) is 24.1 Å². The van der Waals surface area contributed by atoms with Gasteiger partial charge in [-0.15, -0.1) is 0 Å². The maximum Gasteiger partial charge on any atom is 0.163 e. The highest BCUT2D eigenvalue weighted by Crippen LogP contribution is 2.42. The molecule has 0 saturated carbocycles. The number of hydrogen-bond donors (Lipinski definition) is 2. The van der Waals surface area contributed by atoms with E-state index in [-0.39, 0.29) is 11.8 Å². The largest absolute Gasteiger partial charge is 0.504 e. The van der Waals surface area contributed by atoms with Crippen LogP contribution in [0.15, 0.2) is 12.1 Å². The molecule has 1 aliphatic heterocycles. The SMILES string of the molecule is COc1c(C)ccc(C2CC(CN)CN2C)c1O. The van der Waals surface area contributed by atoms with Crippen LogP contribution in [0.4, 0.5) is 0 Å². The number of ether oxygens (including phenoxy) is 1. The highest BCUT2D eigenvalue weighted by atomic mass is 16.5. The molecule has 1 fully saturated rings. The zero-order chi connectivity index (χ0) is 13.3. The molecule has 0 aromatic heterocycles. The average molecular weight is 250 g/mol. The average Bonchev–Trinajstić information content (AvgIpc) is 2.71. The fourth-order valence-corrected chi connectivity index (χ4v) is 2.85. The summed E-state index contributed by atoms with van der Waals surface area (Å²) in [6.45, 7) is 3.62. The van der Waals surface area contributed by atoms with Crippen LogP contribution in [0.25, 0.3) is 0 Å². The maximum absolute atomic E-state index is 10.3. The number of phenols is 1. The van der Waals surface area contributed by atoms with Gasteiger partial charge in [-0.3, -0.25) is 4.90 Å². The number of aryl methyl sites for hydroxylation is 1. The normalized spacial score (nSPS) is 24.4. The lowest BCUT2D eigenvalue weighted by Gasteiger charge is -2.22. The summed E-state index contributed by atoms with van der Waals surface area (Å²) in [7, 11) is 3.67. The number of benzene rings is 1. The number of nitrogens with two attached hydrogens (primary N) is 1. The van der Waals surface area contributed by atoms with Crippen LogP contribution in [0, 0.1) is 12.8 Å². The second kappa shape index (κ2) is 5.16. The van der Waals surface area contributed by atoms with Crippen molar-refractivity contribution in [2.45, 2.75) is 19.4 Å². The van der Waals surface area contributed by atoms with Crippen molar-refractivity contribution in [3.05, 3.63) is 23.3 Å². The molecule has 2 rings (SSSR count). The number of likely N-dealkylation sites (tertiary alicyclic amines) is 1. The van der Waals surface area contributed by atoms with Gasteiger partial charge in [-0.25, -0.2) is 0 Å². The van der Waals surface area contributed by atoms with Gasteiger partial charge in [0.25, 0.3) is 0 Å². The Morgan fingerprint density at radius 2 is 2.22 bits per heavy atom. The minimum Gasteiger partial charge on any atom is -0.504 e. The van der Waals surface area contributed by atoms with Crippen molar-refractivity contribution in [3.63, 3.8) is 0 Å². The smallest absolute Gasteiger partial charge is 0.163 e. The summed E-state index contributed by atoms with van der Waals surface area (Å²) >= 11 is 0. The lowest BCUT2D eigenvalue weighted by molar-refractivity contribution is 0.300. The van der Waals surface area contributed by atoms with Crippen molar-refractivity contribution < 1.29 is 9.84 Å². The summed E-state index contributed by atoms with van der Waals surface area (Å²) in [6, 6.07) is 4.22. The minimum absolute atomic E-state index is 0.230. The molecule has 0 amide bonds. The molecule has 0 aliphatic carbocycles. The second-order valence-corrected chi connectivity index (χ2v) is 5.15. The molecule has 4 nitrogen and oxygen atoms in total. The monoisotopic (exact) mass is 250 g/mol. The van der Waals surface area contributed by atoms with Crippen molar-refractivity contribution in [2.75, 3.05) is 27.2 Å². The highest BCUT2D eigenvalue weighted by molar-refractivity contribution is 5.51. The number of phenolic OH excluding ortho intramolecular Hbond substituents is 1. The molecule has 1 aliphatic rings. The van der Waals surface area contributed by atoms with E-state index >= 15 is 0 Å². The first kappa shape index (κ1) is 13.2. The molecule has 0 spiro atoms. The van der Waals surface area contributed by atoms with Gasteiger partial charge in [0, 0.05) is 18.2 Å². The van der Waals surface area contributed by atoms with Crippen LogP contribution in [0.2, 0.25) is 0 Å². The third kappa shape index (κ3) is 2.18. The predicted molar refractivity (Wildman–Crippen MR) is 71.9 cm³/mol. The van der Waals surface area contributed by atoms with Crippen LogP contribution >= 0.6 is 0 Å². The lowest BCUT2D eigenvalue weighted by Crippen LogP contribution is -2.20. The molecule has 1 saturated heterocycles. The van der Waals surface area contributed by atoms with Crippen LogP contribution in [0.5, 0.6) is 11.5 Å². The Kier molecular flexibility index (Phi) is 3.78. The van der Waals surface area contributed by atoms with Gasteiger partial charge in [-0.1, -0.05) is 12.1 Å². The van der Waals surface area contributed by atoms with Crippen molar-refractivity contribution >= 4 is 0 Å². The quantitative estimate of drug-likeness (QED) is 0.856. The molecule has 1 heterocycles. The summed E-state index contributed by atoms with van der Waals surface area (Å²) in [5.41, 5.74) is 7.63. The molecule has 1 aromatic rings. The first-order valence-corrected chi connectivity index (χ1v) is 6.35. The standard InChI is InChI=1S/C14H22N2O2/c1-9-4-5-11(13(17)14(9)18-3)12-6-10(7-15)8-16(12)2/h4-5,10,12,17H,6-8,15H2,1-3H3. The third-order valence-corrected chi connectivity index (χ3v) is 3.89. The summed E-state index contributed by atoms with van der Waals surface area (Å²) < 4.78 is 5.27. The van der Waals surface area contributed by atoms with Gasteiger partial charge >= 0.3 is 0 Å². The Bertz CT molecular complexity index is 434. The topological polar surface area (TPSA) is 58.7 Å². The van der Waals surface area contributed by atoms with E-state index in [1.54, 1.807) is 7.11 Å². The Hall–Kier alpha value is -1.26. The number of methoxy groups -OCH3 is 1. The second-order valence-electron chi connectivity index (χ2n) is 5.15. The molecule has 2 unspecified atom stereocenters. The summed E-state index contributed by atoms with van der Waals surface area (Å²) in [4.78, 5) is 2.25. The minimum atomic E-state index is 0.230. The molecular weight excluding hydrogens is 228 g/mol. The van der Waals surface area contributed by atoms with Crippen LogP contribution in [0.3, 0.4) is 0 Å². The molecular formula is C14H22N2O2. The van der Waals surface area contributed by atoms with Gasteiger partial charge in [-0.2, -0.15) is 0 Å². The summed E-state index contributed by atoms with van der Waals surface area (Å²) in [6.07, 6.45) is 0.993. The van der Waals surface area contributed by atoms with Crippen molar-refractivity contribution in [1.29, 1.82) is 0 Å². The Balaban J connectivity index is 2.34. The molecule has 0 bridgehead atoms.